The Bertz CT molecular complexity index is 965. The lowest BCUT2D eigenvalue weighted by Gasteiger charge is -2.25. The van der Waals surface area contributed by atoms with E-state index < -0.39 is 0 Å². The van der Waals surface area contributed by atoms with E-state index in [0.29, 0.717) is 25.3 Å². The van der Waals surface area contributed by atoms with Gasteiger partial charge in [0.1, 0.15) is 12.4 Å². The van der Waals surface area contributed by atoms with Gasteiger partial charge >= 0.3 is 5.97 Å². The molecular formula is C25H28FNO3. The van der Waals surface area contributed by atoms with Gasteiger partial charge in [-0.3, -0.25) is 4.90 Å². The Hall–Kier alpha value is -2.92. The molecule has 4 nitrogen and oxygen atoms in total. The molecule has 1 heterocycles. The van der Waals surface area contributed by atoms with E-state index in [4.69, 9.17) is 9.47 Å². The molecule has 0 N–H and O–H groups in total. The van der Waals surface area contributed by atoms with E-state index in [9.17, 15) is 9.18 Å². The summed E-state index contributed by atoms with van der Waals surface area (Å²) in [4.78, 5) is 13.9. The average molecular weight is 410 g/mol. The van der Waals surface area contributed by atoms with E-state index in [0.717, 1.165) is 40.8 Å². The van der Waals surface area contributed by atoms with Gasteiger partial charge in [0.2, 0.25) is 0 Å². The molecule has 0 unspecified atom stereocenters. The van der Waals surface area contributed by atoms with Crippen molar-refractivity contribution in [1.29, 1.82) is 0 Å². The van der Waals surface area contributed by atoms with Crippen LogP contribution in [0.25, 0.3) is 5.57 Å². The van der Waals surface area contributed by atoms with Crippen LogP contribution in [0.15, 0.2) is 60.4 Å². The summed E-state index contributed by atoms with van der Waals surface area (Å²) in [7, 11) is 1.40. The second-order valence-corrected chi connectivity index (χ2v) is 7.46. The summed E-state index contributed by atoms with van der Waals surface area (Å²) in [6, 6.07) is 12.9. The van der Waals surface area contributed by atoms with Gasteiger partial charge in [-0.05, 0) is 54.7 Å². The Morgan fingerprint density at radius 3 is 2.63 bits per heavy atom. The molecule has 0 atom stereocenters. The molecule has 5 heteroatoms. The zero-order valence-electron chi connectivity index (χ0n) is 17.8. The van der Waals surface area contributed by atoms with Crippen molar-refractivity contribution in [2.75, 3.05) is 33.4 Å². The number of hydrogen-bond donors (Lipinski definition) is 0. The SMILES string of the molecule is COC(=O)C1=CCCN(CCO/C=C(\c2ccccc2C)c2ccc(F)cc2C)C1. The third-order valence-electron chi connectivity index (χ3n) is 5.32. The third-order valence-corrected chi connectivity index (χ3v) is 5.32. The van der Waals surface area contributed by atoms with E-state index in [1.807, 2.05) is 31.2 Å². The molecule has 0 aliphatic carbocycles. The zero-order valence-corrected chi connectivity index (χ0v) is 17.8. The number of hydrogen-bond acceptors (Lipinski definition) is 4. The lowest BCUT2D eigenvalue weighted by Crippen LogP contribution is -2.34. The molecule has 0 fully saturated rings. The first-order valence-electron chi connectivity index (χ1n) is 10.1. The van der Waals surface area contributed by atoms with Crippen LogP contribution >= 0.6 is 0 Å². The molecule has 1 aliphatic heterocycles. The summed E-state index contributed by atoms with van der Waals surface area (Å²) < 4.78 is 24.4. The zero-order chi connectivity index (χ0) is 21.5. The molecule has 1 aliphatic rings. The maximum absolute atomic E-state index is 13.6. The Morgan fingerprint density at radius 2 is 1.90 bits per heavy atom. The lowest BCUT2D eigenvalue weighted by molar-refractivity contribution is -0.136. The highest BCUT2D eigenvalue weighted by atomic mass is 19.1. The van der Waals surface area contributed by atoms with Crippen LogP contribution in [0, 0.1) is 19.7 Å². The first kappa shape index (κ1) is 21.8. The van der Waals surface area contributed by atoms with Crippen LogP contribution in [-0.2, 0) is 14.3 Å². The van der Waals surface area contributed by atoms with Crippen LogP contribution in [0.1, 0.15) is 28.7 Å². The second kappa shape index (κ2) is 10.2. The van der Waals surface area contributed by atoms with E-state index in [1.54, 1.807) is 12.3 Å². The quantitative estimate of drug-likeness (QED) is 0.379. The van der Waals surface area contributed by atoms with Crippen molar-refractivity contribution in [1.82, 2.24) is 4.90 Å². The molecule has 0 bridgehead atoms. The minimum absolute atomic E-state index is 0.249. The molecule has 2 aromatic carbocycles. The Labute approximate surface area is 177 Å². The fourth-order valence-corrected chi connectivity index (χ4v) is 3.68. The number of rotatable bonds is 7. The van der Waals surface area contributed by atoms with Crippen LogP contribution in [0.3, 0.4) is 0 Å². The largest absolute Gasteiger partial charge is 0.499 e. The van der Waals surface area contributed by atoms with Crippen LogP contribution in [0.5, 0.6) is 0 Å². The second-order valence-electron chi connectivity index (χ2n) is 7.46. The van der Waals surface area contributed by atoms with Crippen LogP contribution < -0.4 is 0 Å². The number of nitrogens with zero attached hydrogens (tertiary/aromatic N) is 1. The molecule has 0 radical (unpaired) electrons. The summed E-state index contributed by atoms with van der Waals surface area (Å²) in [6.07, 6.45) is 4.53. The summed E-state index contributed by atoms with van der Waals surface area (Å²) in [5.74, 6) is -0.519. The normalized spacial score (nSPS) is 14.9. The number of methoxy groups -OCH3 is 1. The molecule has 3 rings (SSSR count). The van der Waals surface area contributed by atoms with Gasteiger partial charge in [0.05, 0.1) is 13.4 Å². The van der Waals surface area contributed by atoms with Gasteiger partial charge < -0.3 is 9.47 Å². The molecule has 158 valence electrons. The fourth-order valence-electron chi connectivity index (χ4n) is 3.68. The maximum atomic E-state index is 13.6. The van der Waals surface area contributed by atoms with Gasteiger partial charge in [-0.25, -0.2) is 9.18 Å². The predicted molar refractivity (Wildman–Crippen MR) is 117 cm³/mol. The molecule has 0 spiro atoms. The van der Waals surface area contributed by atoms with Gasteiger partial charge in [-0.1, -0.05) is 36.4 Å². The Balaban J connectivity index is 1.73. The van der Waals surface area contributed by atoms with Crippen molar-refractivity contribution < 1.29 is 18.7 Å². The number of aryl methyl sites for hydroxylation is 2. The van der Waals surface area contributed by atoms with Crippen LogP contribution in [0.4, 0.5) is 4.39 Å². The monoisotopic (exact) mass is 409 g/mol. The van der Waals surface area contributed by atoms with Crippen molar-refractivity contribution >= 4 is 11.5 Å². The van der Waals surface area contributed by atoms with Gasteiger partial charge in [0.25, 0.3) is 0 Å². The fraction of sp³-hybridized carbons (Fsp3) is 0.320. The van der Waals surface area contributed by atoms with E-state index in [1.165, 1.54) is 19.2 Å². The molecule has 0 saturated heterocycles. The molecule has 0 saturated carbocycles. The first-order chi connectivity index (χ1) is 14.5. The smallest absolute Gasteiger partial charge is 0.334 e. The van der Waals surface area contributed by atoms with Crippen molar-refractivity contribution in [2.45, 2.75) is 20.3 Å². The van der Waals surface area contributed by atoms with Gasteiger partial charge in [0.15, 0.2) is 0 Å². The number of benzene rings is 2. The number of halogens is 1. The summed E-state index contributed by atoms with van der Waals surface area (Å²) in [5.41, 5.74) is 5.61. The molecule has 0 aromatic heterocycles. The average Bonchev–Trinajstić information content (AvgIpc) is 2.75. The predicted octanol–water partition coefficient (Wildman–Crippen LogP) is 4.65. The molecular weight excluding hydrogens is 381 g/mol. The number of esters is 1. The highest BCUT2D eigenvalue weighted by Gasteiger charge is 2.18. The van der Waals surface area contributed by atoms with Gasteiger partial charge in [0, 0.05) is 30.8 Å². The topological polar surface area (TPSA) is 38.8 Å². The number of carbonyl (C=O) groups excluding carboxylic acids is 1. The third kappa shape index (κ3) is 5.36. The van der Waals surface area contributed by atoms with E-state index in [-0.39, 0.29) is 11.8 Å². The summed E-state index contributed by atoms with van der Waals surface area (Å²) >= 11 is 0. The Morgan fingerprint density at radius 1 is 1.13 bits per heavy atom. The van der Waals surface area contributed by atoms with Crippen molar-refractivity contribution in [2.24, 2.45) is 0 Å². The van der Waals surface area contributed by atoms with Crippen molar-refractivity contribution in [3.8, 4) is 0 Å². The highest BCUT2D eigenvalue weighted by molar-refractivity contribution is 5.89. The summed E-state index contributed by atoms with van der Waals surface area (Å²) in [6.45, 7) is 6.60. The summed E-state index contributed by atoms with van der Waals surface area (Å²) in [5, 5.41) is 0. The van der Waals surface area contributed by atoms with Crippen molar-refractivity contribution in [3.05, 3.63) is 88.4 Å². The minimum atomic E-state index is -0.269. The van der Waals surface area contributed by atoms with Crippen molar-refractivity contribution in [3.63, 3.8) is 0 Å². The van der Waals surface area contributed by atoms with E-state index in [2.05, 4.69) is 17.9 Å². The lowest BCUT2D eigenvalue weighted by atomic mass is 9.92. The Kier molecular flexibility index (Phi) is 7.41. The highest BCUT2D eigenvalue weighted by Crippen LogP contribution is 2.29. The minimum Gasteiger partial charge on any atom is -0.499 e. The maximum Gasteiger partial charge on any atom is 0.334 e. The first-order valence-corrected chi connectivity index (χ1v) is 10.1. The number of ether oxygens (including phenoxy) is 2. The van der Waals surface area contributed by atoms with Crippen LogP contribution in [-0.4, -0.2) is 44.2 Å². The standard InChI is InChI=1S/C25H28FNO3/c1-18-7-4-5-9-22(18)24(23-11-10-21(26)15-19(23)2)17-30-14-13-27-12-6-8-20(16-27)25(28)29-3/h4-5,7-11,15,17H,6,12-14,16H2,1-3H3/b24-17+. The van der Waals surface area contributed by atoms with Crippen LogP contribution in [0.2, 0.25) is 0 Å². The number of carbonyl (C=O) groups is 1. The molecule has 30 heavy (non-hydrogen) atoms. The van der Waals surface area contributed by atoms with Gasteiger partial charge in [-0.15, -0.1) is 0 Å². The molecule has 0 amide bonds. The molecule has 2 aromatic rings. The van der Waals surface area contributed by atoms with E-state index >= 15 is 0 Å². The van der Waals surface area contributed by atoms with Gasteiger partial charge in [-0.2, -0.15) is 0 Å².